The number of nitro groups is 1. The molecule has 0 atom stereocenters. The smallest absolute Gasteiger partial charge is 0.285 e. The summed E-state index contributed by atoms with van der Waals surface area (Å²) in [4.78, 5) is 11.5. The minimum atomic E-state index is -0.336. The number of hydrogen-bond acceptors (Lipinski definition) is 4. The Labute approximate surface area is 132 Å². The van der Waals surface area contributed by atoms with Crippen molar-refractivity contribution in [2.45, 2.75) is 25.3 Å². The summed E-state index contributed by atoms with van der Waals surface area (Å²) in [6, 6.07) is 9.81. The van der Waals surface area contributed by atoms with Gasteiger partial charge in [-0.1, -0.05) is 19.1 Å². The molecule has 4 nitrogen and oxygen atoms in total. The van der Waals surface area contributed by atoms with E-state index in [1.165, 1.54) is 23.9 Å². The zero-order chi connectivity index (χ0) is 16.1. The zero-order valence-electron chi connectivity index (χ0n) is 12.4. The Morgan fingerprint density at radius 3 is 2.55 bits per heavy atom. The highest BCUT2D eigenvalue weighted by Gasteiger charge is 2.18. The molecule has 0 radical (unpaired) electrons. The summed E-state index contributed by atoms with van der Waals surface area (Å²) < 4.78 is 12.9. The van der Waals surface area contributed by atoms with Crippen molar-refractivity contribution in [2.75, 3.05) is 11.1 Å². The molecule has 0 unspecified atom stereocenters. The number of nitrogens with zero attached hydrogens (tertiary/aromatic N) is 1. The van der Waals surface area contributed by atoms with Crippen LogP contribution in [0.25, 0.3) is 0 Å². The van der Waals surface area contributed by atoms with Crippen LogP contribution in [0.4, 0.5) is 15.8 Å². The number of halogens is 1. The average molecular weight is 320 g/mol. The van der Waals surface area contributed by atoms with Crippen LogP contribution in [0.1, 0.15) is 18.1 Å². The SMILES string of the molecule is CCSc1cc(NCc2ccc(F)cc2)cc(C)c1[N+](=O)[O-]. The topological polar surface area (TPSA) is 55.2 Å². The van der Waals surface area contributed by atoms with Gasteiger partial charge in [-0.25, -0.2) is 4.39 Å². The van der Waals surface area contributed by atoms with E-state index < -0.39 is 0 Å². The molecule has 0 aliphatic rings. The molecule has 0 saturated carbocycles. The number of thioether (sulfide) groups is 1. The number of aryl methyl sites for hydroxylation is 1. The summed E-state index contributed by atoms with van der Waals surface area (Å²) in [7, 11) is 0. The predicted octanol–water partition coefficient (Wildman–Crippen LogP) is 4.77. The van der Waals surface area contributed by atoms with E-state index in [4.69, 9.17) is 0 Å². The lowest BCUT2D eigenvalue weighted by Crippen LogP contribution is -2.02. The summed E-state index contributed by atoms with van der Waals surface area (Å²) in [5, 5.41) is 14.4. The number of anilines is 1. The molecule has 0 bridgehead atoms. The minimum absolute atomic E-state index is 0.166. The van der Waals surface area contributed by atoms with E-state index in [0.29, 0.717) is 17.0 Å². The Morgan fingerprint density at radius 2 is 1.95 bits per heavy atom. The largest absolute Gasteiger partial charge is 0.381 e. The first-order chi connectivity index (χ1) is 10.5. The number of nitro benzene ring substituents is 1. The third-order valence-corrected chi connectivity index (χ3v) is 4.07. The third kappa shape index (κ3) is 3.98. The monoisotopic (exact) mass is 320 g/mol. The molecule has 2 rings (SSSR count). The molecule has 0 amide bonds. The normalized spacial score (nSPS) is 10.5. The van der Waals surface area contributed by atoms with E-state index in [1.54, 1.807) is 31.2 Å². The highest BCUT2D eigenvalue weighted by Crippen LogP contribution is 2.35. The average Bonchev–Trinajstić information content (AvgIpc) is 2.46. The Morgan fingerprint density at radius 1 is 1.27 bits per heavy atom. The summed E-state index contributed by atoms with van der Waals surface area (Å²) in [5.74, 6) is 0.498. The first-order valence-corrected chi connectivity index (χ1v) is 7.90. The lowest BCUT2D eigenvalue weighted by Gasteiger charge is -2.11. The van der Waals surface area contributed by atoms with Crippen molar-refractivity contribution in [2.24, 2.45) is 0 Å². The van der Waals surface area contributed by atoms with E-state index in [0.717, 1.165) is 17.0 Å². The van der Waals surface area contributed by atoms with Gasteiger partial charge in [0.05, 0.1) is 9.82 Å². The van der Waals surface area contributed by atoms with E-state index in [1.807, 2.05) is 6.92 Å². The highest BCUT2D eigenvalue weighted by atomic mass is 32.2. The molecular weight excluding hydrogens is 303 g/mol. The Hall–Kier alpha value is -2.08. The lowest BCUT2D eigenvalue weighted by molar-refractivity contribution is -0.388. The maximum Gasteiger partial charge on any atom is 0.285 e. The minimum Gasteiger partial charge on any atom is -0.381 e. The number of rotatable bonds is 6. The van der Waals surface area contributed by atoms with Gasteiger partial charge in [0, 0.05) is 17.8 Å². The van der Waals surface area contributed by atoms with Crippen molar-refractivity contribution in [3.8, 4) is 0 Å². The first-order valence-electron chi connectivity index (χ1n) is 6.91. The summed E-state index contributed by atoms with van der Waals surface area (Å²) in [6.45, 7) is 4.23. The van der Waals surface area contributed by atoms with Gasteiger partial charge in [0.2, 0.25) is 0 Å². The number of nitrogens with one attached hydrogen (secondary N) is 1. The third-order valence-electron chi connectivity index (χ3n) is 3.16. The second-order valence-corrected chi connectivity index (χ2v) is 6.12. The van der Waals surface area contributed by atoms with Gasteiger partial charge < -0.3 is 5.32 Å². The van der Waals surface area contributed by atoms with Crippen molar-refractivity contribution >= 4 is 23.1 Å². The molecule has 2 aromatic rings. The molecule has 6 heteroatoms. The van der Waals surface area contributed by atoms with Crippen LogP contribution in [0.15, 0.2) is 41.3 Å². The molecule has 116 valence electrons. The molecule has 0 fully saturated rings. The predicted molar refractivity (Wildman–Crippen MR) is 88.0 cm³/mol. The second-order valence-electron chi connectivity index (χ2n) is 4.81. The second kappa shape index (κ2) is 7.26. The Bertz CT molecular complexity index is 675. The molecule has 0 aliphatic carbocycles. The van der Waals surface area contributed by atoms with Gasteiger partial charge in [0.15, 0.2) is 0 Å². The van der Waals surface area contributed by atoms with Crippen LogP contribution < -0.4 is 5.32 Å². The van der Waals surface area contributed by atoms with Crippen molar-refractivity contribution in [1.29, 1.82) is 0 Å². The molecule has 0 aliphatic heterocycles. The van der Waals surface area contributed by atoms with Crippen LogP contribution in [0.5, 0.6) is 0 Å². The van der Waals surface area contributed by atoms with Crippen LogP contribution in [0.3, 0.4) is 0 Å². The van der Waals surface area contributed by atoms with Crippen LogP contribution in [-0.4, -0.2) is 10.7 Å². The van der Waals surface area contributed by atoms with Crippen LogP contribution in [-0.2, 0) is 6.54 Å². The molecule has 1 N–H and O–H groups in total. The van der Waals surface area contributed by atoms with Crippen molar-refractivity contribution in [3.63, 3.8) is 0 Å². The van der Waals surface area contributed by atoms with E-state index in [-0.39, 0.29) is 16.4 Å². The van der Waals surface area contributed by atoms with E-state index in [9.17, 15) is 14.5 Å². The fourth-order valence-electron chi connectivity index (χ4n) is 2.16. The van der Waals surface area contributed by atoms with Gasteiger partial charge >= 0.3 is 0 Å². The Kier molecular flexibility index (Phi) is 5.38. The molecule has 2 aromatic carbocycles. The van der Waals surface area contributed by atoms with Crippen LogP contribution in [0, 0.1) is 22.9 Å². The van der Waals surface area contributed by atoms with Gasteiger partial charge in [0.1, 0.15) is 5.82 Å². The van der Waals surface area contributed by atoms with E-state index in [2.05, 4.69) is 5.32 Å². The maximum absolute atomic E-state index is 12.9. The molecule has 0 heterocycles. The summed E-state index contributed by atoms with van der Waals surface area (Å²) >= 11 is 1.45. The quantitative estimate of drug-likeness (QED) is 0.473. The van der Waals surface area contributed by atoms with Gasteiger partial charge in [0.25, 0.3) is 5.69 Å². The Balaban J connectivity index is 2.20. The van der Waals surface area contributed by atoms with Crippen molar-refractivity contribution in [1.82, 2.24) is 0 Å². The van der Waals surface area contributed by atoms with Crippen molar-refractivity contribution < 1.29 is 9.31 Å². The fraction of sp³-hybridized carbons (Fsp3) is 0.250. The zero-order valence-corrected chi connectivity index (χ0v) is 13.2. The number of benzene rings is 2. The molecule has 22 heavy (non-hydrogen) atoms. The van der Waals surface area contributed by atoms with Crippen LogP contribution >= 0.6 is 11.8 Å². The standard InChI is InChI=1S/C16H17FN2O2S/c1-3-22-15-9-14(8-11(2)16(15)19(20)21)18-10-12-4-6-13(17)7-5-12/h4-9,18H,3,10H2,1-2H3. The van der Waals surface area contributed by atoms with Gasteiger partial charge in [-0.15, -0.1) is 11.8 Å². The van der Waals surface area contributed by atoms with Gasteiger partial charge in [-0.05, 0) is 42.5 Å². The summed E-state index contributed by atoms with van der Waals surface area (Å²) in [6.07, 6.45) is 0. The highest BCUT2D eigenvalue weighted by molar-refractivity contribution is 7.99. The molecule has 0 saturated heterocycles. The maximum atomic E-state index is 12.9. The molecule has 0 spiro atoms. The fourth-order valence-corrected chi connectivity index (χ4v) is 3.05. The number of hydrogen-bond donors (Lipinski definition) is 1. The molecule has 0 aromatic heterocycles. The first kappa shape index (κ1) is 16.3. The van der Waals surface area contributed by atoms with Gasteiger partial charge in [-0.3, -0.25) is 10.1 Å². The van der Waals surface area contributed by atoms with Crippen molar-refractivity contribution in [3.05, 3.63) is 63.5 Å². The van der Waals surface area contributed by atoms with E-state index >= 15 is 0 Å². The molecular formula is C16H17FN2O2S. The van der Waals surface area contributed by atoms with Crippen LogP contribution in [0.2, 0.25) is 0 Å². The lowest BCUT2D eigenvalue weighted by atomic mass is 10.1. The summed E-state index contributed by atoms with van der Waals surface area (Å²) in [5.41, 5.74) is 2.56. The van der Waals surface area contributed by atoms with Gasteiger partial charge in [-0.2, -0.15) is 0 Å².